The van der Waals surface area contributed by atoms with Crippen LogP contribution in [0.4, 0.5) is 11.4 Å². The summed E-state index contributed by atoms with van der Waals surface area (Å²) in [5, 5.41) is 22.4. The van der Waals surface area contributed by atoms with Crippen LogP contribution in [0.1, 0.15) is 5.56 Å². The van der Waals surface area contributed by atoms with Crippen LogP contribution in [0.3, 0.4) is 0 Å². The predicted octanol–water partition coefficient (Wildman–Crippen LogP) is 3.08. The highest BCUT2D eigenvalue weighted by Crippen LogP contribution is 2.38. The first-order valence-corrected chi connectivity index (χ1v) is 8.35. The Bertz CT molecular complexity index is 1030. The Balaban J connectivity index is 2.03. The zero-order valence-electron chi connectivity index (χ0n) is 14.1. The minimum atomic E-state index is -0.809. The Morgan fingerprint density at radius 3 is 2.39 bits per heavy atom. The summed E-state index contributed by atoms with van der Waals surface area (Å²) < 4.78 is 4.90. The Kier molecular flexibility index (Phi) is 5.12. The maximum Gasteiger partial charge on any atom is 0.315 e. The number of nitrogens with one attached hydrogen (secondary N) is 1. The summed E-state index contributed by atoms with van der Waals surface area (Å²) in [6, 6.07) is 6.61. The van der Waals surface area contributed by atoms with Crippen LogP contribution in [-0.2, 0) is 9.59 Å². The quantitative estimate of drug-likeness (QED) is 0.337. The SMILES string of the molecule is COc1cc(/C=C2/C(=O)NN(c3cc(Cl)cc(Cl)c3)C2=O)cc([N+](=O)[O-])c1O. The molecule has 1 fully saturated rings. The molecule has 3 rings (SSSR count). The predicted molar refractivity (Wildman–Crippen MR) is 101 cm³/mol. The van der Waals surface area contributed by atoms with Gasteiger partial charge in [0.1, 0.15) is 5.57 Å². The van der Waals surface area contributed by atoms with Gasteiger partial charge < -0.3 is 9.84 Å². The number of rotatable bonds is 4. The van der Waals surface area contributed by atoms with Gasteiger partial charge in [-0.1, -0.05) is 23.2 Å². The summed E-state index contributed by atoms with van der Waals surface area (Å²) in [5.41, 5.74) is 1.82. The average molecular weight is 424 g/mol. The third-order valence-corrected chi connectivity index (χ3v) is 4.24. The lowest BCUT2D eigenvalue weighted by Crippen LogP contribution is -2.35. The molecule has 2 aromatic carbocycles. The smallest absolute Gasteiger partial charge is 0.315 e. The lowest BCUT2D eigenvalue weighted by atomic mass is 10.1. The van der Waals surface area contributed by atoms with Gasteiger partial charge >= 0.3 is 5.69 Å². The first kappa shape index (κ1) is 19.5. The number of carbonyl (C=O) groups is 2. The molecule has 0 saturated carbocycles. The summed E-state index contributed by atoms with van der Waals surface area (Å²) in [6.45, 7) is 0. The number of nitrogens with zero attached hydrogens (tertiary/aromatic N) is 2. The number of hydrogen-bond donors (Lipinski definition) is 2. The van der Waals surface area contributed by atoms with Gasteiger partial charge in [-0.05, 0) is 35.9 Å². The van der Waals surface area contributed by atoms with Gasteiger partial charge in [0.05, 0.1) is 17.7 Å². The van der Waals surface area contributed by atoms with Gasteiger partial charge in [-0.2, -0.15) is 0 Å². The molecule has 2 amide bonds. The van der Waals surface area contributed by atoms with Crippen molar-refractivity contribution in [1.29, 1.82) is 0 Å². The highest BCUT2D eigenvalue weighted by molar-refractivity contribution is 6.36. The van der Waals surface area contributed by atoms with Crippen molar-refractivity contribution < 1.29 is 24.4 Å². The number of phenols is 1. The van der Waals surface area contributed by atoms with Gasteiger partial charge in [-0.15, -0.1) is 0 Å². The molecule has 2 aromatic rings. The first-order valence-electron chi connectivity index (χ1n) is 7.60. The van der Waals surface area contributed by atoms with Crippen molar-refractivity contribution in [3.63, 3.8) is 0 Å². The molecule has 1 heterocycles. The average Bonchev–Trinajstić information content (AvgIpc) is 2.90. The van der Waals surface area contributed by atoms with E-state index in [1.54, 1.807) is 0 Å². The molecule has 1 aliphatic rings. The summed E-state index contributed by atoms with van der Waals surface area (Å²) >= 11 is 11.8. The van der Waals surface area contributed by atoms with Crippen molar-refractivity contribution in [2.24, 2.45) is 0 Å². The Morgan fingerprint density at radius 1 is 1.18 bits per heavy atom. The fourth-order valence-corrected chi connectivity index (χ4v) is 3.08. The number of nitro groups is 1. The van der Waals surface area contributed by atoms with Gasteiger partial charge in [0.15, 0.2) is 5.75 Å². The molecule has 1 saturated heterocycles. The van der Waals surface area contributed by atoms with Crippen molar-refractivity contribution in [3.8, 4) is 11.5 Å². The van der Waals surface area contributed by atoms with Crippen LogP contribution in [0.15, 0.2) is 35.9 Å². The molecule has 9 nitrogen and oxygen atoms in total. The molecule has 28 heavy (non-hydrogen) atoms. The minimum absolute atomic E-state index is 0.117. The topological polar surface area (TPSA) is 122 Å². The van der Waals surface area contributed by atoms with E-state index < -0.39 is 28.2 Å². The van der Waals surface area contributed by atoms with E-state index in [4.69, 9.17) is 27.9 Å². The highest BCUT2D eigenvalue weighted by Gasteiger charge is 2.35. The van der Waals surface area contributed by atoms with Crippen molar-refractivity contribution >= 4 is 52.5 Å². The third kappa shape index (κ3) is 3.57. The van der Waals surface area contributed by atoms with Gasteiger partial charge in [-0.25, -0.2) is 5.01 Å². The van der Waals surface area contributed by atoms with Crippen molar-refractivity contribution in [2.45, 2.75) is 0 Å². The molecular weight excluding hydrogens is 413 g/mol. The molecule has 1 aliphatic heterocycles. The maximum absolute atomic E-state index is 12.7. The summed E-state index contributed by atoms with van der Waals surface area (Å²) in [4.78, 5) is 35.2. The van der Waals surface area contributed by atoms with Crippen molar-refractivity contribution in [1.82, 2.24) is 5.43 Å². The molecule has 0 bridgehead atoms. The monoisotopic (exact) mass is 423 g/mol. The van der Waals surface area contributed by atoms with E-state index >= 15 is 0 Å². The molecule has 0 aromatic heterocycles. The number of benzene rings is 2. The molecule has 2 N–H and O–H groups in total. The van der Waals surface area contributed by atoms with E-state index in [1.165, 1.54) is 31.4 Å². The van der Waals surface area contributed by atoms with E-state index in [0.717, 1.165) is 17.2 Å². The molecule has 0 atom stereocenters. The summed E-state index contributed by atoms with van der Waals surface area (Å²) in [5.74, 6) is -2.27. The largest absolute Gasteiger partial charge is 0.500 e. The number of hydrogen-bond acceptors (Lipinski definition) is 6. The zero-order valence-corrected chi connectivity index (χ0v) is 15.6. The highest BCUT2D eigenvalue weighted by atomic mass is 35.5. The normalized spacial score (nSPS) is 15.1. The maximum atomic E-state index is 12.7. The van der Waals surface area contributed by atoms with E-state index in [0.29, 0.717) is 0 Å². The lowest BCUT2D eigenvalue weighted by Gasteiger charge is -2.15. The van der Waals surface area contributed by atoms with Crippen LogP contribution in [0, 0.1) is 10.1 Å². The van der Waals surface area contributed by atoms with Gasteiger partial charge in [0, 0.05) is 16.1 Å². The molecule has 0 unspecified atom stereocenters. The molecule has 0 aliphatic carbocycles. The number of carbonyl (C=O) groups excluding carboxylic acids is 2. The number of hydrazine groups is 1. The second-order valence-corrected chi connectivity index (χ2v) is 6.49. The number of nitro benzene ring substituents is 1. The van der Waals surface area contributed by atoms with Crippen LogP contribution in [0.25, 0.3) is 6.08 Å². The molecule has 144 valence electrons. The van der Waals surface area contributed by atoms with Crippen LogP contribution >= 0.6 is 23.2 Å². The van der Waals surface area contributed by atoms with Crippen molar-refractivity contribution in [2.75, 3.05) is 12.1 Å². The zero-order chi connectivity index (χ0) is 20.6. The van der Waals surface area contributed by atoms with Crippen LogP contribution in [0.5, 0.6) is 11.5 Å². The summed E-state index contributed by atoms with van der Waals surface area (Å²) in [6.07, 6.45) is 1.15. The molecule has 11 heteroatoms. The minimum Gasteiger partial charge on any atom is -0.500 e. The summed E-state index contributed by atoms with van der Waals surface area (Å²) in [7, 11) is 1.22. The first-order chi connectivity index (χ1) is 13.2. The lowest BCUT2D eigenvalue weighted by molar-refractivity contribution is -0.386. The Hall–Kier alpha value is -3.30. The number of aromatic hydroxyl groups is 1. The van der Waals surface area contributed by atoms with E-state index in [1.807, 2.05) is 0 Å². The Morgan fingerprint density at radius 2 is 1.82 bits per heavy atom. The van der Waals surface area contributed by atoms with Crippen LogP contribution in [-0.4, -0.2) is 29.0 Å². The number of amides is 2. The second kappa shape index (κ2) is 7.37. The van der Waals surface area contributed by atoms with Gasteiger partial charge in [-0.3, -0.25) is 25.1 Å². The fraction of sp³-hybridized carbons (Fsp3) is 0.0588. The Labute approximate surface area is 167 Å². The fourth-order valence-electron chi connectivity index (χ4n) is 2.57. The van der Waals surface area contributed by atoms with E-state index in [9.17, 15) is 24.8 Å². The number of methoxy groups -OCH3 is 1. The molecule has 0 spiro atoms. The van der Waals surface area contributed by atoms with E-state index in [2.05, 4.69) is 5.43 Å². The second-order valence-electron chi connectivity index (χ2n) is 5.62. The molecule has 0 radical (unpaired) electrons. The number of halogens is 2. The van der Waals surface area contributed by atoms with Crippen LogP contribution < -0.4 is 15.2 Å². The third-order valence-electron chi connectivity index (χ3n) is 3.80. The number of anilines is 1. The van der Waals surface area contributed by atoms with Crippen molar-refractivity contribution in [3.05, 3.63) is 61.6 Å². The van der Waals surface area contributed by atoms with Gasteiger partial charge in [0.25, 0.3) is 11.8 Å². The number of ether oxygens (including phenoxy) is 1. The van der Waals surface area contributed by atoms with Gasteiger partial charge in [0.2, 0.25) is 5.75 Å². The molecular formula is C17H11Cl2N3O6. The van der Waals surface area contributed by atoms with E-state index in [-0.39, 0.29) is 32.6 Å². The standard InChI is InChI=1S/C17H11Cl2N3O6/c1-28-14-4-8(3-13(15(14)23)22(26)27)2-12-16(24)20-21(17(12)25)11-6-9(18)5-10(19)7-11/h2-7,23H,1H3,(H,20,24)/b12-2-. The van der Waals surface area contributed by atoms with Crippen LogP contribution in [0.2, 0.25) is 10.0 Å². The number of phenolic OH excluding ortho intramolecular Hbond substituents is 1.